The average molecular weight is 239 g/mol. The van der Waals surface area contributed by atoms with Crippen LogP contribution in [0.5, 0.6) is 0 Å². The number of amides is 1. The van der Waals surface area contributed by atoms with E-state index in [0.717, 1.165) is 17.5 Å². The molecule has 0 aliphatic rings. The van der Waals surface area contributed by atoms with E-state index in [1.807, 2.05) is 0 Å². The van der Waals surface area contributed by atoms with Crippen LogP contribution in [0, 0.1) is 5.82 Å². The molecule has 16 heavy (non-hydrogen) atoms. The van der Waals surface area contributed by atoms with Gasteiger partial charge in [0.2, 0.25) is 10.1 Å². The fourth-order valence-electron chi connectivity index (χ4n) is 0.946. The molecule has 0 unspecified atom stereocenters. The Labute approximate surface area is 93.3 Å². The minimum Gasteiger partial charge on any atom is -0.374 e. The summed E-state index contributed by atoms with van der Waals surface area (Å²) in [6, 6.07) is 2.54. The lowest BCUT2D eigenvalue weighted by atomic mass is 10.4. The van der Waals surface area contributed by atoms with E-state index >= 15 is 0 Å². The van der Waals surface area contributed by atoms with Crippen LogP contribution in [-0.2, 0) is 0 Å². The standard InChI is InChI=1S/C8H6FN5OS/c9-4-1-2-5(11-3-4)12-6(15)7-13-14-8(10)16-7/h1-3H,(H2,10,14)(H,11,12,15). The van der Waals surface area contributed by atoms with Gasteiger partial charge in [-0.05, 0) is 12.1 Å². The van der Waals surface area contributed by atoms with Crippen molar-refractivity contribution in [2.75, 3.05) is 11.1 Å². The van der Waals surface area contributed by atoms with Crippen molar-refractivity contribution in [3.63, 3.8) is 0 Å². The Morgan fingerprint density at radius 3 is 2.81 bits per heavy atom. The fraction of sp³-hybridized carbons (Fsp3) is 0. The molecule has 0 fully saturated rings. The SMILES string of the molecule is Nc1nnc(C(=O)Nc2ccc(F)cn2)s1. The van der Waals surface area contributed by atoms with Crippen LogP contribution in [-0.4, -0.2) is 21.1 Å². The summed E-state index contributed by atoms with van der Waals surface area (Å²) in [6.45, 7) is 0. The number of nitrogen functional groups attached to an aromatic ring is 1. The molecular weight excluding hydrogens is 233 g/mol. The van der Waals surface area contributed by atoms with E-state index in [4.69, 9.17) is 5.73 Å². The van der Waals surface area contributed by atoms with Gasteiger partial charge >= 0.3 is 0 Å². The molecule has 0 aliphatic carbocycles. The van der Waals surface area contributed by atoms with Crippen molar-refractivity contribution in [2.24, 2.45) is 0 Å². The van der Waals surface area contributed by atoms with Crippen LogP contribution in [0.3, 0.4) is 0 Å². The number of anilines is 2. The predicted molar refractivity (Wildman–Crippen MR) is 56.5 cm³/mol. The monoisotopic (exact) mass is 239 g/mol. The molecule has 2 rings (SSSR count). The Morgan fingerprint density at radius 1 is 1.44 bits per heavy atom. The quantitative estimate of drug-likeness (QED) is 0.812. The number of halogens is 1. The van der Waals surface area contributed by atoms with E-state index in [1.54, 1.807) is 0 Å². The Morgan fingerprint density at radius 2 is 2.25 bits per heavy atom. The number of rotatable bonds is 2. The topological polar surface area (TPSA) is 93.8 Å². The van der Waals surface area contributed by atoms with Crippen molar-refractivity contribution in [3.8, 4) is 0 Å². The maximum atomic E-state index is 12.5. The number of nitrogens with zero attached hydrogens (tertiary/aromatic N) is 3. The highest BCUT2D eigenvalue weighted by molar-refractivity contribution is 7.16. The van der Waals surface area contributed by atoms with Gasteiger partial charge in [-0.25, -0.2) is 9.37 Å². The second kappa shape index (κ2) is 4.19. The number of hydrogen-bond donors (Lipinski definition) is 2. The maximum Gasteiger partial charge on any atom is 0.287 e. The van der Waals surface area contributed by atoms with Gasteiger partial charge in [0, 0.05) is 0 Å². The number of aromatic nitrogens is 3. The first kappa shape index (κ1) is 10.4. The Balaban J connectivity index is 2.10. The molecule has 0 aromatic carbocycles. The highest BCUT2D eigenvalue weighted by Crippen LogP contribution is 2.12. The van der Waals surface area contributed by atoms with E-state index < -0.39 is 11.7 Å². The second-order valence-corrected chi connectivity index (χ2v) is 3.77. The van der Waals surface area contributed by atoms with E-state index in [0.29, 0.717) is 0 Å². The zero-order valence-corrected chi connectivity index (χ0v) is 8.66. The smallest absolute Gasteiger partial charge is 0.287 e. The van der Waals surface area contributed by atoms with Crippen molar-refractivity contribution in [2.45, 2.75) is 0 Å². The lowest BCUT2D eigenvalue weighted by Gasteiger charge is -2.00. The van der Waals surface area contributed by atoms with Crippen molar-refractivity contribution in [1.82, 2.24) is 15.2 Å². The normalized spacial score (nSPS) is 10.1. The van der Waals surface area contributed by atoms with E-state index in [1.165, 1.54) is 12.1 Å². The first-order valence-electron chi connectivity index (χ1n) is 4.17. The molecule has 8 heteroatoms. The largest absolute Gasteiger partial charge is 0.374 e. The third kappa shape index (κ3) is 2.28. The van der Waals surface area contributed by atoms with Crippen LogP contribution in [0.4, 0.5) is 15.3 Å². The van der Waals surface area contributed by atoms with Crippen LogP contribution in [0.25, 0.3) is 0 Å². The van der Waals surface area contributed by atoms with Gasteiger partial charge in [-0.15, -0.1) is 10.2 Å². The van der Waals surface area contributed by atoms with Crippen LogP contribution < -0.4 is 11.1 Å². The van der Waals surface area contributed by atoms with Gasteiger partial charge in [-0.1, -0.05) is 11.3 Å². The number of pyridine rings is 1. The minimum atomic E-state index is -0.478. The molecule has 6 nitrogen and oxygen atoms in total. The summed E-state index contributed by atoms with van der Waals surface area (Å²) in [5.74, 6) is -0.716. The number of carbonyl (C=O) groups excluding carboxylic acids is 1. The summed E-state index contributed by atoms with van der Waals surface area (Å²) in [6.07, 6.45) is 1.00. The van der Waals surface area contributed by atoms with E-state index in [9.17, 15) is 9.18 Å². The zero-order valence-electron chi connectivity index (χ0n) is 7.85. The fourth-order valence-corrected chi connectivity index (χ4v) is 1.45. The molecule has 1 amide bonds. The van der Waals surface area contributed by atoms with Crippen LogP contribution in [0.15, 0.2) is 18.3 Å². The summed E-state index contributed by atoms with van der Waals surface area (Å²) >= 11 is 0.960. The molecular formula is C8H6FN5OS. The maximum absolute atomic E-state index is 12.5. The van der Waals surface area contributed by atoms with Gasteiger partial charge in [0.05, 0.1) is 6.20 Å². The minimum absolute atomic E-state index is 0.128. The van der Waals surface area contributed by atoms with E-state index in [2.05, 4.69) is 20.5 Å². The molecule has 0 saturated carbocycles. The summed E-state index contributed by atoms with van der Waals surface area (Å²) in [7, 11) is 0. The summed E-state index contributed by atoms with van der Waals surface area (Å²) < 4.78 is 12.5. The molecule has 2 heterocycles. The van der Waals surface area contributed by atoms with Gasteiger partial charge in [-0.2, -0.15) is 0 Å². The Kier molecular flexibility index (Phi) is 2.73. The van der Waals surface area contributed by atoms with Crippen LogP contribution in [0.1, 0.15) is 9.80 Å². The molecule has 3 N–H and O–H groups in total. The van der Waals surface area contributed by atoms with Crippen molar-refractivity contribution >= 4 is 28.2 Å². The van der Waals surface area contributed by atoms with Crippen molar-refractivity contribution in [1.29, 1.82) is 0 Å². The highest BCUT2D eigenvalue weighted by atomic mass is 32.1. The molecule has 0 atom stereocenters. The second-order valence-electron chi connectivity index (χ2n) is 2.76. The first-order valence-corrected chi connectivity index (χ1v) is 4.98. The Hall–Kier alpha value is -2.09. The highest BCUT2D eigenvalue weighted by Gasteiger charge is 2.12. The number of hydrogen-bond acceptors (Lipinski definition) is 6. The molecule has 0 radical (unpaired) electrons. The molecule has 0 aliphatic heterocycles. The molecule has 2 aromatic heterocycles. The van der Waals surface area contributed by atoms with Crippen LogP contribution in [0.2, 0.25) is 0 Å². The van der Waals surface area contributed by atoms with Gasteiger partial charge in [0.25, 0.3) is 5.91 Å². The lowest BCUT2D eigenvalue weighted by Crippen LogP contribution is -2.12. The summed E-state index contributed by atoms with van der Waals surface area (Å²) in [5.41, 5.74) is 5.33. The molecule has 0 bridgehead atoms. The molecule has 0 spiro atoms. The number of carbonyl (C=O) groups is 1. The zero-order chi connectivity index (χ0) is 11.5. The molecule has 2 aromatic rings. The van der Waals surface area contributed by atoms with Crippen molar-refractivity contribution in [3.05, 3.63) is 29.2 Å². The number of nitrogens with one attached hydrogen (secondary N) is 1. The average Bonchev–Trinajstić information content (AvgIpc) is 2.68. The van der Waals surface area contributed by atoms with Gasteiger partial charge in [0.1, 0.15) is 11.6 Å². The van der Waals surface area contributed by atoms with Gasteiger partial charge in [0.15, 0.2) is 0 Å². The van der Waals surface area contributed by atoms with Crippen molar-refractivity contribution < 1.29 is 9.18 Å². The van der Waals surface area contributed by atoms with Gasteiger partial charge < -0.3 is 11.1 Å². The molecule has 0 saturated heterocycles. The van der Waals surface area contributed by atoms with E-state index in [-0.39, 0.29) is 16.0 Å². The third-order valence-corrected chi connectivity index (χ3v) is 2.36. The lowest BCUT2D eigenvalue weighted by molar-refractivity contribution is 0.102. The molecule has 82 valence electrons. The third-order valence-electron chi connectivity index (χ3n) is 1.60. The van der Waals surface area contributed by atoms with Gasteiger partial charge in [-0.3, -0.25) is 4.79 Å². The Bertz CT molecular complexity index is 511. The van der Waals surface area contributed by atoms with Crippen LogP contribution >= 0.6 is 11.3 Å². The summed E-state index contributed by atoms with van der Waals surface area (Å²) in [5, 5.41) is 9.83. The first-order chi connectivity index (χ1) is 7.65. The predicted octanol–water partition coefficient (Wildman–Crippen LogP) is 0.907. The number of nitrogens with two attached hydrogens (primary N) is 1. The summed E-state index contributed by atoms with van der Waals surface area (Å²) in [4.78, 5) is 15.2.